The average Bonchev–Trinajstić information content (AvgIpc) is 2.12. The van der Waals surface area contributed by atoms with Gasteiger partial charge in [0.2, 0.25) is 0 Å². The Kier molecular flexibility index (Phi) is 4.49. The van der Waals surface area contributed by atoms with Crippen LogP contribution in [0.2, 0.25) is 0 Å². The van der Waals surface area contributed by atoms with Gasteiger partial charge in [0, 0.05) is 19.0 Å². The number of likely N-dealkylation sites (tertiary alicyclic amines) is 1. The van der Waals surface area contributed by atoms with E-state index >= 15 is 0 Å². The molecule has 1 saturated heterocycles. The van der Waals surface area contributed by atoms with E-state index in [2.05, 4.69) is 11.8 Å². The summed E-state index contributed by atoms with van der Waals surface area (Å²) in [5.74, 6) is 0. The fraction of sp³-hybridized carbons (Fsp3) is 0.909. The maximum Gasteiger partial charge on any atom is 0.0746 e. The molecule has 1 rings (SSSR count). The smallest absolute Gasteiger partial charge is 0.0746 e. The molecule has 0 saturated carbocycles. The molecule has 2 unspecified atom stereocenters. The van der Waals surface area contributed by atoms with E-state index in [0.29, 0.717) is 11.0 Å². The second kappa shape index (κ2) is 5.23. The lowest BCUT2D eigenvalue weighted by Gasteiger charge is -2.41. The molecule has 0 aliphatic carbocycles. The normalized spacial score (nSPS) is 30.1. The van der Waals surface area contributed by atoms with Gasteiger partial charge in [-0.2, -0.15) is 0 Å². The zero-order chi connectivity index (χ0) is 11.5. The van der Waals surface area contributed by atoms with E-state index in [4.69, 9.17) is 18.0 Å². The Morgan fingerprint density at radius 3 is 2.80 bits per heavy atom. The maximum absolute atomic E-state index is 10.0. The lowest BCUT2D eigenvalue weighted by Crippen LogP contribution is -2.50. The van der Waals surface area contributed by atoms with Crippen LogP contribution in [0.5, 0.6) is 0 Å². The molecule has 0 bridgehead atoms. The molecule has 1 aliphatic rings. The number of rotatable bonds is 4. The minimum absolute atomic E-state index is 0.397. The van der Waals surface area contributed by atoms with Crippen molar-refractivity contribution in [3.8, 4) is 0 Å². The molecule has 3 nitrogen and oxygen atoms in total. The van der Waals surface area contributed by atoms with Crippen molar-refractivity contribution in [2.45, 2.75) is 51.2 Å². The summed E-state index contributed by atoms with van der Waals surface area (Å²) < 4.78 is 0. The third-order valence-corrected chi connectivity index (χ3v) is 3.30. The molecular formula is C11H22N2OS. The van der Waals surface area contributed by atoms with Crippen molar-refractivity contribution in [3.05, 3.63) is 0 Å². The fourth-order valence-corrected chi connectivity index (χ4v) is 2.53. The van der Waals surface area contributed by atoms with Crippen molar-refractivity contribution >= 4 is 17.2 Å². The number of thiocarbonyl (C=S) groups is 1. The van der Waals surface area contributed by atoms with E-state index in [-0.39, 0.29) is 0 Å². The Morgan fingerprint density at radius 1 is 1.67 bits per heavy atom. The molecule has 0 amide bonds. The number of hydrogen-bond donors (Lipinski definition) is 2. The van der Waals surface area contributed by atoms with E-state index in [9.17, 15) is 5.11 Å². The van der Waals surface area contributed by atoms with Gasteiger partial charge in [0.25, 0.3) is 0 Å². The first-order valence-electron chi connectivity index (χ1n) is 5.69. The molecular weight excluding hydrogens is 208 g/mol. The molecule has 88 valence electrons. The monoisotopic (exact) mass is 230 g/mol. The highest BCUT2D eigenvalue weighted by Crippen LogP contribution is 2.23. The maximum atomic E-state index is 10.0. The third-order valence-electron chi connectivity index (χ3n) is 3.13. The highest BCUT2D eigenvalue weighted by atomic mass is 32.1. The predicted octanol–water partition coefficient (Wildman–Crippen LogP) is 1.29. The Morgan fingerprint density at radius 2 is 2.33 bits per heavy atom. The standard InChI is InChI=1S/C11H22N2OS/c1-3-9(7-10(12)15)13-6-4-5-11(2,14)8-13/h9,14H,3-8H2,1-2H3,(H2,12,15). The van der Waals surface area contributed by atoms with Gasteiger partial charge in [0.15, 0.2) is 0 Å². The first kappa shape index (κ1) is 12.9. The van der Waals surface area contributed by atoms with Crippen molar-refractivity contribution < 1.29 is 5.11 Å². The molecule has 0 aromatic heterocycles. The van der Waals surface area contributed by atoms with Crippen LogP contribution in [0.4, 0.5) is 0 Å². The molecule has 0 radical (unpaired) electrons. The van der Waals surface area contributed by atoms with Crippen LogP contribution in [-0.2, 0) is 0 Å². The van der Waals surface area contributed by atoms with Crippen molar-refractivity contribution in [1.82, 2.24) is 4.90 Å². The molecule has 4 heteroatoms. The van der Waals surface area contributed by atoms with Gasteiger partial charge in [0.1, 0.15) is 0 Å². The molecule has 1 fully saturated rings. The van der Waals surface area contributed by atoms with Gasteiger partial charge in [0.05, 0.1) is 10.6 Å². The molecule has 0 spiro atoms. The molecule has 1 aliphatic heterocycles. The largest absolute Gasteiger partial charge is 0.393 e. The summed E-state index contributed by atoms with van der Waals surface area (Å²) in [7, 11) is 0. The molecule has 2 atom stereocenters. The third kappa shape index (κ3) is 4.05. The summed E-state index contributed by atoms with van der Waals surface area (Å²) >= 11 is 4.95. The zero-order valence-electron chi connectivity index (χ0n) is 9.70. The molecule has 15 heavy (non-hydrogen) atoms. The average molecular weight is 230 g/mol. The van der Waals surface area contributed by atoms with Crippen LogP contribution in [0.25, 0.3) is 0 Å². The van der Waals surface area contributed by atoms with Crippen LogP contribution < -0.4 is 5.73 Å². The summed E-state index contributed by atoms with van der Waals surface area (Å²) in [4.78, 5) is 2.90. The van der Waals surface area contributed by atoms with E-state index in [1.54, 1.807) is 0 Å². The summed E-state index contributed by atoms with van der Waals surface area (Å²) in [5, 5.41) is 10.0. The highest BCUT2D eigenvalue weighted by Gasteiger charge is 2.31. The van der Waals surface area contributed by atoms with Gasteiger partial charge in [-0.1, -0.05) is 19.1 Å². The minimum Gasteiger partial charge on any atom is -0.393 e. The first-order chi connectivity index (χ1) is 6.94. The summed E-state index contributed by atoms with van der Waals surface area (Å²) in [5.41, 5.74) is 5.05. The fourth-order valence-electron chi connectivity index (χ4n) is 2.33. The Balaban J connectivity index is 2.56. The van der Waals surface area contributed by atoms with Crippen molar-refractivity contribution in [1.29, 1.82) is 0 Å². The van der Waals surface area contributed by atoms with Gasteiger partial charge in [-0.05, 0) is 32.7 Å². The van der Waals surface area contributed by atoms with Crippen LogP contribution in [0.1, 0.15) is 39.5 Å². The number of β-amino-alcohol motifs (C(OH)–C–C–N with tert-alkyl or cyclic N) is 1. The Labute approximate surface area is 97.6 Å². The topological polar surface area (TPSA) is 49.5 Å². The van der Waals surface area contributed by atoms with Gasteiger partial charge in [-0.3, -0.25) is 4.90 Å². The minimum atomic E-state index is -0.540. The number of nitrogens with two attached hydrogens (primary N) is 1. The van der Waals surface area contributed by atoms with E-state index < -0.39 is 5.60 Å². The quantitative estimate of drug-likeness (QED) is 0.715. The van der Waals surface area contributed by atoms with E-state index in [0.717, 1.165) is 38.8 Å². The van der Waals surface area contributed by atoms with Gasteiger partial charge in [-0.15, -0.1) is 0 Å². The molecule has 0 aromatic rings. The van der Waals surface area contributed by atoms with E-state index in [1.165, 1.54) is 0 Å². The van der Waals surface area contributed by atoms with Gasteiger partial charge >= 0.3 is 0 Å². The van der Waals surface area contributed by atoms with Crippen molar-refractivity contribution in [2.24, 2.45) is 5.73 Å². The second-order valence-corrected chi connectivity index (χ2v) is 5.33. The van der Waals surface area contributed by atoms with Crippen LogP contribution in [-0.4, -0.2) is 39.7 Å². The van der Waals surface area contributed by atoms with Crippen LogP contribution in [0.3, 0.4) is 0 Å². The Bertz CT molecular complexity index is 231. The van der Waals surface area contributed by atoms with Crippen LogP contribution in [0.15, 0.2) is 0 Å². The SMILES string of the molecule is CCC(CC(N)=S)N1CCCC(C)(O)C1. The van der Waals surface area contributed by atoms with Gasteiger partial charge in [-0.25, -0.2) is 0 Å². The van der Waals surface area contributed by atoms with Crippen molar-refractivity contribution in [3.63, 3.8) is 0 Å². The number of aliphatic hydroxyl groups is 1. The zero-order valence-corrected chi connectivity index (χ0v) is 10.5. The van der Waals surface area contributed by atoms with Crippen molar-refractivity contribution in [2.75, 3.05) is 13.1 Å². The number of hydrogen-bond acceptors (Lipinski definition) is 3. The first-order valence-corrected chi connectivity index (χ1v) is 6.10. The molecule has 1 heterocycles. The van der Waals surface area contributed by atoms with E-state index in [1.807, 2.05) is 6.92 Å². The van der Waals surface area contributed by atoms with Gasteiger partial charge < -0.3 is 10.8 Å². The highest BCUT2D eigenvalue weighted by molar-refractivity contribution is 7.80. The predicted molar refractivity (Wildman–Crippen MR) is 66.9 cm³/mol. The van der Waals surface area contributed by atoms with Crippen LogP contribution >= 0.6 is 12.2 Å². The van der Waals surface area contributed by atoms with Crippen LogP contribution in [0, 0.1) is 0 Å². The Hall–Kier alpha value is -0.190. The molecule has 0 aromatic carbocycles. The number of nitrogens with zero attached hydrogens (tertiary/aromatic N) is 1. The lowest BCUT2D eigenvalue weighted by molar-refractivity contribution is -0.0295. The summed E-state index contributed by atoms with van der Waals surface area (Å²) in [6.07, 6.45) is 3.75. The summed E-state index contributed by atoms with van der Waals surface area (Å²) in [6, 6.07) is 0.397. The molecule has 3 N–H and O–H groups in total. The second-order valence-electron chi connectivity index (χ2n) is 4.80. The summed E-state index contributed by atoms with van der Waals surface area (Å²) in [6.45, 7) is 5.85. The lowest BCUT2D eigenvalue weighted by atomic mass is 9.93. The number of piperidine rings is 1.